The van der Waals surface area contributed by atoms with Gasteiger partial charge in [-0.1, -0.05) is 198 Å². The molecule has 0 aliphatic carbocycles. The normalized spacial score (nSPS) is 13.6. The lowest BCUT2D eigenvalue weighted by Crippen LogP contribution is -2.30. The van der Waals surface area contributed by atoms with Crippen LogP contribution in [0.4, 0.5) is 0 Å². The van der Waals surface area contributed by atoms with Crippen molar-refractivity contribution < 1.29 is 28.6 Å². The van der Waals surface area contributed by atoms with Gasteiger partial charge in [0.15, 0.2) is 6.10 Å². The lowest BCUT2D eigenvalue weighted by atomic mass is 10.1. The summed E-state index contributed by atoms with van der Waals surface area (Å²) in [6.07, 6.45) is 69.8. The van der Waals surface area contributed by atoms with E-state index < -0.39 is 18.0 Å². The Labute approximate surface area is 371 Å². The van der Waals surface area contributed by atoms with Crippen molar-refractivity contribution >= 4 is 17.9 Å². The van der Waals surface area contributed by atoms with Gasteiger partial charge in [0.25, 0.3) is 0 Å². The Morgan fingerprint density at radius 1 is 0.377 bits per heavy atom. The van der Waals surface area contributed by atoms with E-state index in [4.69, 9.17) is 14.2 Å². The zero-order valence-electron chi connectivity index (χ0n) is 38.1. The molecule has 0 spiro atoms. The Balaban J connectivity index is 4.65. The number of unbranched alkanes of at least 4 members (excludes halogenated alkanes) is 7. The smallest absolute Gasteiger partial charge is 0.309 e. The Kier molecular flexibility index (Phi) is 43.8. The molecule has 0 saturated carbocycles. The van der Waals surface area contributed by atoms with Crippen molar-refractivity contribution in [2.24, 2.45) is 0 Å². The second-order valence-electron chi connectivity index (χ2n) is 14.4. The van der Waals surface area contributed by atoms with Gasteiger partial charge in [-0.05, 0) is 89.9 Å². The molecule has 6 nitrogen and oxygen atoms in total. The van der Waals surface area contributed by atoms with Gasteiger partial charge in [-0.25, -0.2) is 0 Å². The van der Waals surface area contributed by atoms with E-state index >= 15 is 0 Å². The summed E-state index contributed by atoms with van der Waals surface area (Å²) in [4.78, 5) is 37.7. The van der Waals surface area contributed by atoms with E-state index in [1.165, 1.54) is 25.7 Å². The van der Waals surface area contributed by atoms with Crippen molar-refractivity contribution in [2.45, 2.75) is 155 Å². The monoisotopic (exact) mass is 837 g/mol. The summed E-state index contributed by atoms with van der Waals surface area (Å²) < 4.78 is 16.5. The molecule has 0 N–H and O–H groups in total. The standard InChI is InChI=1S/C55H80O6/c1-4-7-10-13-16-19-21-23-25-27-29-31-33-36-39-42-45-48-54(57)60-51-52(50-59-53(56)47-44-41-38-35-18-15-12-9-6-3)61-55(58)49-46-43-40-37-34-32-30-28-26-24-22-20-17-14-11-8-5-2/h7,9-10,12-13,16-21,23-27,29-33,35,37,40-41,44,52H,4-6,8,11,14-15,22,28,34,36,38-39,42-43,45-51H2,1-3H3/b10-7-,12-9-,16-13-,20-17-,21-19-,25-23-,26-24-,29-27+,32-30-,33-31-,35-18-,40-37-,44-41-. The van der Waals surface area contributed by atoms with Gasteiger partial charge in [0.1, 0.15) is 13.2 Å². The van der Waals surface area contributed by atoms with Crippen LogP contribution in [-0.4, -0.2) is 37.2 Å². The van der Waals surface area contributed by atoms with Gasteiger partial charge in [-0.3, -0.25) is 14.4 Å². The maximum atomic E-state index is 12.7. The molecule has 0 aromatic heterocycles. The molecule has 0 aliphatic rings. The molecular formula is C55H80O6. The molecule has 0 amide bonds. The average Bonchev–Trinajstić information content (AvgIpc) is 3.26. The van der Waals surface area contributed by atoms with Crippen LogP contribution in [0.3, 0.4) is 0 Å². The number of rotatable bonds is 38. The number of hydrogen-bond acceptors (Lipinski definition) is 6. The predicted molar refractivity (Wildman–Crippen MR) is 260 cm³/mol. The van der Waals surface area contributed by atoms with Gasteiger partial charge in [0.05, 0.1) is 6.42 Å². The van der Waals surface area contributed by atoms with Crippen molar-refractivity contribution in [1.29, 1.82) is 0 Å². The fraction of sp³-hybridized carbons (Fsp3) is 0.473. The molecule has 0 aromatic rings. The fourth-order valence-electron chi connectivity index (χ4n) is 5.29. The first-order chi connectivity index (χ1) is 30.0. The van der Waals surface area contributed by atoms with Crippen LogP contribution in [0, 0.1) is 0 Å². The third kappa shape index (κ3) is 46.0. The number of allylic oxidation sites excluding steroid dienone is 25. The molecule has 0 heterocycles. The molecule has 1 atom stereocenters. The second-order valence-corrected chi connectivity index (χ2v) is 14.4. The zero-order valence-corrected chi connectivity index (χ0v) is 38.1. The van der Waals surface area contributed by atoms with Gasteiger partial charge >= 0.3 is 17.9 Å². The maximum absolute atomic E-state index is 12.7. The third-order valence-corrected chi connectivity index (χ3v) is 8.69. The summed E-state index contributed by atoms with van der Waals surface area (Å²) in [5, 5.41) is 0. The van der Waals surface area contributed by atoms with Gasteiger partial charge in [0.2, 0.25) is 0 Å². The lowest BCUT2D eigenvalue weighted by Gasteiger charge is -2.18. The maximum Gasteiger partial charge on any atom is 0.309 e. The minimum absolute atomic E-state index is 0.106. The van der Waals surface area contributed by atoms with E-state index in [1.807, 2.05) is 66.8 Å². The van der Waals surface area contributed by atoms with Crippen molar-refractivity contribution in [3.8, 4) is 0 Å². The number of carbonyl (C=O) groups is 3. The Bertz CT molecular complexity index is 1470. The Hall–Kier alpha value is -4.97. The fourth-order valence-corrected chi connectivity index (χ4v) is 5.29. The SMILES string of the molecule is CC\C=C/C=C\C=C/C=C\C=C\C=C/CCCCCC(=O)OCC(COC(=O)C/C=C\C/C=C\C/C=C\CC)OC(=O)CCC/C=C\C/C=C\C/C=C\C/C=C\CCCCC. The number of carbonyl (C=O) groups excluding carboxylic acids is 3. The van der Waals surface area contributed by atoms with Crippen molar-refractivity contribution in [1.82, 2.24) is 0 Å². The highest BCUT2D eigenvalue weighted by Crippen LogP contribution is 2.09. The summed E-state index contributed by atoms with van der Waals surface area (Å²) >= 11 is 0. The van der Waals surface area contributed by atoms with Crippen LogP contribution >= 0.6 is 0 Å². The van der Waals surface area contributed by atoms with E-state index in [-0.39, 0.29) is 38.4 Å². The predicted octanol–water partition coefficient (Wildman–Crippen LogP) is 15.1. The van der Waals surface area contributed by atoms with Gasteiger partial charge in [-0.15, -0.1) is 0 Å². The highest BCUT2D eigenvalue weighted by Gasteiger charge is 2.19. The topological polar surface area (TPSA) is 78.9 Å². The molecule has 0 aromatic carbocycles. The van der Waals surface area contributed by atoms with Crippen molar-refractivity contribution in [3.05, 3.63) is 158 Å². The molecular weight excluding hydrogens is 757 g/mol. The van der Waals surface area contributed by atoms with Crippen LogP contribution in [0.2, 0.25) is 0 Å². The molecule has 0 aliphatic heterocycles. The first-order valence-corrected chi connectivity index (χ1v) is 23.1. The first-order valence-electron chi connectivity index (χ1n) is 23.1. The quantitative estimate of drug-likeness (QED) is 0.0203. The van der Waals surface area contributed by atoms with Crippen LogP contribution in [0.25, 0.3) is 0 Å². The number of esters is 3. The van der Waals surface area contributed by atoms with Crippen molar-refractivity contribution in [3.63, 3.8) is 0 Å². The molecule has 0 bridgehead atoms. The average molecular weight is 837 g/mol. The van der Waals surface area contributed by atoms with E-state index in [2.05, 4.69) is 106 Å². The molecule has 1 unspecified atom stereocenters. The summed E-state index contributed by atoms with van der Waals surface area (Å²) in [5.41, 5.74) is 0. The lowest BCUT2D eigenvalue weighted by molar-refractivity contribution is -0.166. The van der Waals surface area contributed by atoms with Crippen LogP contribution in [0.5, 0.6) is 0 Å². The highest BCUT2D eigenvalue weighted by molar-refractivity contribution is 5.72. The largest absolute Gasteiger partial charge is 0.462 e. The molecule has 0 saturated heterocycles. The van der Waals surface area contributed by atoms with Crippen LogP contribution in [0.15, 0.2) is 158 Å². The third-order valence-electron chi connectivity index (χ3n) is 8.69. The van der Waals surface area contributed by atoms with Crippen LogP contribution in [-0.2, 0) is 28.6 Å². The molecule has 6 heteroatoms. The Morgan fingerprint density at radius 3 is 1.36 bits per heavy atom. The number of ether oxygens (including phenoxy) is 3. The summed E-state index contributed by atoms with van der Waals surface area (Å²) in [7, 11) is 0. The molecule has 0 rings (SSSR count). The van der Waals surface area contributed by atoms with Gasteiger partial charge in [0, 0.05) is 12.8 Å². The minimum atomic E-state index is -0.867. The first kappa shape index (κ1) is 56.0. The summed E-state index contributed by atoms with van der Waals surface area (Å²) in [5.74, 6) is -1.20. The molecule has 336 valence electrons. The molecule has 0 fully saturated rings. The van der Waals surface area contributed by atoms with Crippen LogP contribution < -0.4 is 0 Å². The second kappa shape index (κ2) is 47.7. The zero-order chi connectivity index (χ0) is 44.4. The Morgan fingerprint density at radius 2 is 0.803 bits per heavy atom. The summed E-state index contributed by atoms with van der Waals surface area (Å²) in [6, 6.07) is 0. The van der Waals surface area contributed by atoms with Crippen molar-refractivity contribution in [2.75, 3.05) is 13.2 Å². The minimum Gasteiger partial charge on any atom is -0.462 e. The van der Waals surface area contributed by atoms with Gasteiger partial charge < -0.3 is 14.2 Å². The summed E-state index contributed by atoms with van der Waals surface area (Å²) in [6.45, 7) is 6.11. The van der Waals surface area contributed by atoms with E-state index in [0.29, 0.717) is 12.8 Å². The molecule has 61 heavy (non-hydrogen) atoms. The van der Waals surface area contributed by atoms with Gasteiger partial charge in [-0.2, -0.15) is 0 Å². The van der Waals surface area contributed by atoms with E-state index in [9.17, 15) is 14.4 Å². The van der Waals surface area contributed by atoms with E-state index in [1.54, 1.807) is 6.08 Å². The molecule has 0 radical (unpaired) electrons. The van der Waals surface area contributed by atoms with Crippen LogP contribution in [0.1, 0.15) is 149 Å². The highest BCUT2D eigenvalue weighted by atomic mass is 16.6. The number of hydrogen-bond donors (Lipinski definition) is 0. The van der Waals surface area contributed by atoms with E-state index in [0.717, 1.165) is 70.6 Å².